The van der Waals surface area contributed by atoms with Crippen LogP contribution in [0.1, 0.15) is 0 Å². The summed E-state index contributed by atoms with van der Waals surface area (Å²) in [4.78, 5) is 0. The van der Waals surface area contributed by atoms with E-state index in [2.05, 4.69) is 25.3 Å². The minimum atomic E-state index is 0. The number of nitriles is 2. The fraction of sp³-hybridized carbons (Fsp3) is 0. The fourth-order valence-electron chi connectivity index (χ4n) is 0. The van der Waals surface area contributed by atoms with Crippen molar-refractivity contribution < 1.29 is 21.9 Å². The zero-order valence-corrected chi connectivity index (χ0v) is 9.49. The molecule has 0 aromatic rings. The molecular formula is C2H10CaN2O4S2. The zero-order chi connectivity index (χ0) is 5.41. The quantitative estimate of drug-likeness (QED) is 0.258. The van der Waals surface area contributed by atoms with E-state index in [1.165, 1.54) is 10.8 Å². The van der Waals surface area contributed by atoms with Gasteiger partial charge in [0, 0.05) is 37.7 Å². The van der Waals surface area contributed by atoms with Gasteiger partial charge in [-0.1, -0.05) is 25.3 Å². The van der Waals surface area contributed by atoms with Crippen LogP contribution in [0.25, 0.3) is 0 Å². The molecule has 8 N–H and O–H groups in total. The Morgan fingerprint density at radius 3 is 0.727 bits per heavy atom. The number of thiocyanates is 2. The fourth-order valence-corrected chi connectivity index (χ4v) is 0. The summed E-state index contributed by atoms with van der Waals surface area (Å²) in [6.45, 7) is 0. The second-order valence-corrected chi connectivity index (χ2v) is 0.600. The van der Waals surface area contributed by atoms with Gasteiger partial charge in [-0.3, -0.25) is 0 Å². The van der Waals surface area contributed by atoms with Gasteiger partial charge in [0.05, 0.1) is 0 Å². The van der Waals surface area contributed by atoms with E-state index in [1.54, 1.807) is 0 Å². The van der Waals surface area contributed by atoms with E-state index in [0.29, 0.717) is 0 Å². The van der Waals surface area contributed by atoms with E-state index < -0.39 is 0 Å². The van der Waals surface area contributed by atoms with Gasteiger partial charge < -0.3 is 21.9 Å². The Morgan fingerprint density at radius 2 is 0.727 bits per heavy atom. The molecule has 0 aliphatic rings. The van der Waals surface area contributed by atoms with Crippen LogP contribution >= 0.6 is 25.3 Å². The summed E-state index contributed by atoms with van der Waals surface area (Å²) in [7, 11) is 0. The molecule has 6 nitrogen and oxygen atoms in total. The Morgan fingerprint density at radius 1 is 0.727 bits per heavy atom. The summed E-state index contributed by atoms with van der Waals surface area (Å²) in [5, 5.41) is 17.3. The Bertz CT molecular complexity index is 79.1. The van der Waals surface area contributed by atoms with Gasteiger partial charge >= 0.3 is 0 Å². The molecule has 0 unspecified atom stereocenters. The third-order valence-corrected chi connectivity index (χ3v) is 0. The van der Waals surface area contributed by atoms with Gasteiger partial charge in [-0.15, -0.1) is 0 Å². The number of thiol groups is 2. The van der Waals surface area contributed by atoms with Crippen molar-refractivity contribution in [3.63, 3.8) is 0 Å². The van der Waals surface area contributed by atoms with E-state index in [9.17, 15) is 0 Å². The van der Waals surface area contributed by atoms with E-state index >= 15 is 0 Å². The van der Waals surface area contributed by atoms with Crippen molar-refractivity contribution in [3.8, 4) is 10.8 Å². The van der Waals surface area contributed by atoms with Crippen LogP contribution in [0.15, 0.2) is 0 Å². The molecule has 0 spiro atoms. The summed E-state index contributed by atoms with van der Waals surface area (Å²) in [5.41, 5.74) is 0. The SMILES string of the molecule is N#CS.N#CS.O.O.O.O.[Ca]. The van der Waals surface area contributed by atoms with Crippen molar-refractivity contribution in [2.75, 3.05) is 0 Å². The van der Waals surface area contributed by atoms with Crippen molar-refractivity contribution >= 4 is 63.0 Å². The molecule has 0 amide bonds. The van der Waals surface area contributed by atoms with Gasteiger partial charge in [-0.05, 0) is 0 Å². The molecule has 0 aromatic heterocycles. The molecule has 9 heteroatoms. The Hall–Kier alpha value is 0.780. The largest absolute Gasteiger partial charge is 0.412 e. The average Bonchev–Trinajstić information content (AvgIpc) is 1.39. The summed E-state index contributed by atoms with van der Waals surface area (Å²) < 4.78 is 0. The molecule has 0 rings (SSSR count). The van der Waals surface area contributed by atoms with Gasteiger partial charge in [-0.2, -0.15) is 10.5 Å². The topological polar surface area (TPSA) is 174 Å². The molecule has 0 saturated carbocycles. The average molecular weight is 230 g/mol. The first-order valence-corrected chi connectivity index (χ1v) is 1.79. The monoisotopic (exact) mass is 230 g/mol. The van der Waals surface area contributed by atoms with E-state index in [0.717, 1.165) is 0 Å². The predicted molar refractivity (Wildman–Crippen MR) is 49.4 cm³/mol. The van der Waals surface area contributed by atoms with Crippen LogP contribution in [0.4, 0.5) is 0 Å². The third-order valence-electron chi connectivity index (χ3n) is 0. The van der Waals surface area contributed by atoms with Crippen LogP contribution in [-0.4, -0.2) is 59.6 Å². The Balaban J connectivity index is -0.00000000400. The maximum absolute atomic E-state index is 7.18. The van der Waals surface area contributed by atoms with E-state index in [-0.39, 0.29) is 59.6 Å². The first-order valence-electron chi connectivity index (χ1n) is 0.894. The van der Waals surface area contributed by atoms with Gasteiger partial charge in [0.2, 0.25) is 0 Å². The number of nitrogens with zero attached hydrogens (tertiary/aromatic N) is 2. The molecule has 0 saturated heterocycles. The Labute approximate surface area is 105 Å². The van der Waals surface area contributed by atoms with Crippen molar-refractivity contribution in [1.82, 2.24) is 0 Å². The van der Waals surface area contributed by atoms with Gasteiger partial charge in [-0.25, -0.2) is 0 Å². The smallest absolute Gasteiger partial charge is 0.130 e. The maximum atomic E-state index is 7.18. The standard InChI is InChI=1S/2CHNS.Ca.4H2O/c2*2-1-3;;;;;/h2*3H;;4*1H2. The van der Waals surface area contributed by atoms with E-state index in [4.69, 9.17) is 10.5 Å². The maximum Gasteiger partial charge on any atom is 0.130 e. The molecular weight excluding hydrogens is 220 g/mol. The second-order valence-electron chi connectivity index (χ2n) is 0.200. The summed E-state index contributed by atoms with van der Waals surface area (Å²) in [5.74, 6) is 0. The molecule has 11 heavy (non-hydrogen) atoms. The van der Waals surface area contributed by atoms with Gasteiger partial charge in [0.1, 0.15) is 10.8 Å². The van der Waals surface area contributed by atoms with Crippen molar-refractivity contribution in [2.45, 2.75) is 0 Å². The zero-order valence-electron chi connectivity index (χ0n) is 5.50. The van der Waals surface area contributed by atoms with Crippen LogP contribution in [-0.2, 0) is 0 Å². The number of hydrogen-bond donors (Lipinski definition) is 2. The minimum Gasteiger partial charge on any atom is -0.412 e. The summed E-state index contributed by atoms with van der Waals surface area (Å²) in [6.07, 6.45) is 0. The van der Waals surface area contributed by atoms with Crippen LogP contribution in [0.3, 0.4) is 0 Å². The van der Waals surface area contributed by atoms with Gasteiger partial charge in [0.15, 0.2) is 0 Å². The second kappa shape index (κ2) is 133. The van der Waals surface area contributed by atoms with Crippen LogP contribution in [0.2, 0.25) is 0 Å². The molecule has 2 radical (unpaired) electrons. The summed E-state index contributed by atoms with van der Waals surface area (Å²) in [6, 6.07) is 0. The van der Waals surface area contributed by atoms with Crippen molar-refractivity contribution in [1.29, 1.82) is 10.5 Å². The van der Waals surface area contributed by atoms with E-state index in [1.807, 2.05) is 0 Å². The predicted octanol–water partition coefficient (Wildman–Crippen LogP) is -2.89. The third kappa shape index (κ3) is 1370. The Kier molecular flexibility index (Phi) is 727. The summed E-state index contributed by atoms with van der Waals surface area (Å²) >= 11 is 6.19. The van der Waals surface area contributed by atoms with Crippen molar-refractivity contribution in [3.05, 3.63) is 0 Å². The first-order chi connectivity index (χ1) is 2.83. The molecule has 0 atom stereocenters. The van der Waals surface area contributed by atoms with Crippen LogP contribution in [0.5, 0.6) is 0 Å². The molecule has 66 valence electrons. The normalized spacial score (nSPS) is 1.45. The van der Waals surface area contributed by atoms with Crippen LogP contribution in [0, 0.1) is 21.3 Å². The molecule has 0 fully saturated rings. The van der Waals surface area contributed by atoms with Crippen molar-refractivity contribution in [2.24, 2.45) is 0 Å². The molecule has 0 bridgehead atoms. The molecule has 0 aliphatic carbocycles. The molecule has 0 aromatic carbocycles. The molecule has 0 heterocycles. The number of rotatable bonds is 0. The molecule has 0 aliphatic heterocycles. The first kappa shape index (κ1) is 59.9. The van der Waals surface area contributed by atoms with Crippen LogP contribution < -0.4 is 0 Å². The number of hydrogen-bond acceptors (Lipinski definition) is 4. The van der Waals surface area contributed by atoms with Gasteiger partial charge in [0.25, 0.3) is 0 Å². The minimum absolute atomic E-state index is 0.